The number of nitrogens with zero attached hydrogens (tertiary/aromatic N) is 2. The average Bonchev–Trinajstić information content (AvgIpc) is 2.57. The van der Waals surface area contributed by atoms with E-state index in [4.69, 9.17) is 0 Å². The van der Waals surface area contributed by atoms with Crippen LogP contribution in [-0.2, 0) is 14.8 Å². The summed E-state index contributed by atoms with van der Waals surface area (Å²) in [7, 11) is -3.52. The Morgan fingerprint density at radius 3 is 2.75 bits per heavy atom. The molecule has 1 unspecified atom stereocenters. The number of sulfonamides is 1. The first kappa shape index (κ1) is 17.4. The van der Waals surface area contributed by atoms with E-state index in [0.717, 1.165) is 30.5 Å². The topological polar surface area (TPSA) is 69.7 Å². The molecule has 3 rings (SSSR count). The minimum Gasteiger partial charge on any atom is -0.336 e. The van der Waals surface area contributed by atoms with Crippen molar-refractivity contribution >= 4 is 15.9 Å². The Kier molecular flexibility index (Phi) is 4.94. The van der Waals surface area contributed by atoms with Crippen molar-refractivity contribution in [2.75, 3.05) is 32.7 Å². The van der Waals surface area contributed by atoms with Gasteiger partial charge in [-0.3, -0.25) is 4.79 Å². The summed E-state index contributed by atoms with van der Waals surface area (Å²) in [5.41, 5.74) is 1.70. The van der Waals surface area contributed by atoms with E-state index in [9.17, 15) is 13.2 Å². The zero-order chi connectivity index (χ0) is 17.3. The quantitative estimate of drug-likeness (QED) is 0.878. The molecule has 1 atom stereocenters. The molecule has 2 fully saturated rings. The van der Waals surface area contributed by atoms with Crippen LogP contribution in [0.4, 0.5) is 0 Å². The third-order valence-electron chi connectivity index (χ3n) is 4.89. The Bertz CT molecular complexity index is 733. The van der Waals surface area contributed by atoms with Gasteiger partial charge in [0.05, 0.1) is 11.4 Å². The summed E-state index contributed by atoms with van der Waals surface area (Å²) in [5.74, 6) is 0.0669. The van der Waals surface area contributed by atoms with E-state index in [-0.39, 0.29) is 11.9 Å². The van der Waals surface area contributed by atoms with Gasteiger partial charge in [0.1, 0.15) is 0 Å². The summed E-state index contributed by atoms with van der Waals surface area (Å²) in [5, 5.41) is 3.06. The molecule has 1 amide bonds. The number of carbonyl (C=O) groups excluding carboxylic acids is 1. The smallest absolute Gasteiger partial charge is 0.243 e. The molecule has 0 spiro atoms. The first-order valence-corrected chi connectivity index (χ1v) is 9.91. The number of benzene rings is 1. The Morgan fingerprint density at radius 1 is 1.21 bits per heavy atom. The lowest BCUT2D eigenvalue weighted by Crippen LogP contribution is -2.57. The number of hydrogen-bond acceptors (Lipinski definition) is 4. The summed E-state index contributed by atoms with van der Waals surface area (Å²) in [6.45, 7) is 6.41. The minimum atomic E-state index is -3.52. The fourth-order valence-electron chi connectivity index (χ4n) is 3.53. The largest absolute Gasteiger partial charge is 0.336 e. The third-order valence-corrected chi connectivity index (χ3v) is 6.89. The van der Waals surface area contributed by atoms with Crippen LogP contribution in [-0.4, -0.2) is 62.3 Å². The zero-order valence-electron chi connectivity index (χ0n) is 14.3. The number of nitrogens with one attached hydrogen (secondary N) is 1. The molecule has 0 saturated carbocycles. The van der Waals surface area contributed by atoms with Gasteiger partial charge in [-0.15, -0.1) is 0 Å². The van der Waals surface area contributed by atoms with Crippen molar-refractivity contribution in [1.82, 2.24) is 14.5 Å². The second kappa shape index (κ2) is 6.82. The van der Waals surface area contributed by atoms with Crippen molar-refractivity contribution in [1.29, 1.82) is 0 Å². The SMILES string of the molecule is Cc1ccc(C)c(S(=O)(=O)N2CCCC(N3CCNCC3=O)C2)c1. The number of piperidine rings is 1. The Balaban J connectivity index is 1.83. The van der Waals surface area contributed by atoms with E-state index in [0.29, 0.717) is 31.1 Å². The van der Waals surface area contributed by atoms with Crippen LogP contribution in [0.2, 0.25) is 0 Å². The molecule has 6 nitrogen and oxygen atoms in total. The van der Waals surface area contributed by atoms with Crippen LogP contribution >= 0.6 is 0 Å². The van der Waals surface area contributed by atoms with Crippen molar-refractivity contribution < 1.29 is 13.2 Å². The number of carbonyl (C=O) groups is 1. The summed E-state index contributed by atoms with van der Waals surface area (Å²) in [6, 6.07) is 5.49. The van der Waals surface area contributed by atoms with Gasteiger partial charge in [0.15, 0.2) is 0 Å². The van der Waals surface area contributed by atoms with E-state index in [1.54, 1.807) is 10.4 Å². The maximum Gasteiger partial charge on any atom is 0.243 e. The molecule has 0 radical (unpaired) electrons. The van der Waals surface area contributed by atoms with Gasteiger partial charge in [-0.25, -0.2) is 8.42 Å². The highest BCUT2D eigenvalue weighted by Gasteiger charge is 2.35. The Labute approximate surface area is 143 Å². The van der Waals surface area contributed by atoms with Crippen molar-refractivity contribution in [3.63, 3.8) is 0 Å². The van der Waals surface area contributed by atoms with Crippen LogP contribution in [0.1, 0.15) is 24.0 Å². The van der Waals surface area contributed by atoms with Crippen LogP contribution in [0.5, 0.6) is 0 Å². The summed E-state index contributed by atoms with van der Waals surface area (Å²) in [6.07, 6.45) is 1.65. The molecular formula is C17H25N3O3S. The van der Waals surface area contributed by atoms with E-state index < -0.39 is 10.0 Å². The van der Waals surface area contributed by atoms with Gasteiger partial charge >= 0.3 is 0 Å². The number of hydrogen-bond donors (Lipinski definition) is 1. The molecule has 0 bridgehead atoms. The molecule has 2 aliphatic rings. The van der Waals surface area contributed by atoms with Crippen LogP contribution < -0.4 is 5.32 Å². The highest BCUT2D eigenvalue weighted by Crippen LogP contribution is 2.26. The molecule has 2 heterocycles. The van der Waals surface area contributed by atoms with Crippen molar-refractivity contribution in [2.24, 2.45) is 0 Å². The number of aryl methyl sites for hydroxylation is 2. The molecule has 2 saturated heterocycles. The van der Waals surface area contributed by atoms with E-state index in [2.05, 4.69) is 5.32 Å². The zero-order valence-corrected chi connectivity index (χ0v) is 15.1. The van der Waals surface area contributed by atoms with Gasteiger partial charge in [0, 0.05) is 32.2 Å². The van der Waals surface area contributed by atoms with Gasteiger partial charge in [0.25, 0.3) is 0 Å². The Hall–Kier alpha value is -1.44. The molecule has 7 heteroatoms. The first-order chi connectivity index (χ1) is 11.4. The molecule has 1 N–H and O–H groups in total. The standard InChI is InChI=1S/C17H25N3O3S/c1-13-5-6-14(2)16(10-13)24(22,23)19-8-3-4-15(12-19)20-9-7-18-11-17(20)21/h5-6,10,15,18H,3-4,7-9,11-12H2,1-2H3. The van der Waals surface area contributed by atoms with Gasteiger partial charge in [-0.1, -0.05) is 12.1 Å². The fourth-order valence-corrected chi connectivity index (χ4v) is 5.35. The molecule has 1 aromatic rings. The second-order valence-electron chi connectivity index (χ2n) is 6.69. The summed E-state index contributed by atoms with van der Waals surface area (Å²) in [4.78, 5) is 14.3. The van der Waals surface area contributed by atoms with E-state index in [1.807, 2.05) is 30.9 Å². The lowest BCUT2D eigenvalue weighted by molar-refractivity contribution is -0.135. The second-order valence-corrected chi connectivity index (χ2v) is 8.60. The predicted octanol–water partition coefficient (Wildman–Crippen LogP) is 0.888. The lowest BCUT2D eigenvalue weighted by Gasteiger charge is -2.40. The van der Waals surface area contributed by atoms with Crippen LogP contribution in [0.15, 0.2) is 23.1 Å². The molecule has 0 aromatic heterocycles. The molecule has 132 valence electrons. The third kappa shape index (κ3) is 3.34. The molecule has 24 heavy (non-hydrogen) atoms. The molecule has 1 aromatic carbocycles. The predicted molar refractivity (Wildman–Crippen MR) is 92.3 cm³/mol. The molecule has 0 aliphatic carbocycles. The van der Waals surface area contributed by atoms with E-state index in [1.165, 1.54) is 0 Å². The summed E-state index contributed by atoms with van der Waals surface area (Å²) < 4.78 is 27.7. The van der Waals surface area contributed by atoms with Gasteiger partial charge in [0.2, 0.25) is 15.9 Å². The monoisotopic (exact) mass is 351 g/mol. The van der Waals surface area contributed by atoms with E-state index >= 15 is 0 Å². The Morgan fingerprint density at radius 2 is 2.00 bits per heavy atom. The maximum atomic E-state index is 13.1. The van der Waals surface area contributed by atoms with Crippen molar-refractivity contribution in [2.45, 2.75) is 37.6 Å². The maximum absolute atomic E-state index is 13.1. The molecule has 2 aliphatic heterocycles. The van der Waals surface area contributed by atoms with Crippen LogP contribution in [0.25, 0.3) is 0 Å². The first-order valence-electron chi connectivity index (χ1n) is 8.47. The van der Waals surface area contributed by atoms with Crippen molar-refractivity contribution in [3.05, 3.63) is 29.3 Å². The number of rotatable bonds is 3. The number of piperazine rings is 1. The fraction of sp³-hybridized carbons (Fsp3) is 0.588. The van der Waals surface area contributed by atoms with Crippen LogP contribution in [0, 0.1) is 13.8 Å². The van der Waals surface area contributed by atoms with Crippen molar-refractivity contribution in [3.8, 4) is 0 Å². The lowest BCUT2D eigenvalue weighted by atomic mass is 10.1. The normalized spacial score (nSPS) is 23.5. The minimum absolute atomic E-state index is 0.0201. The average molecular weight is 351 g/mol. The van der Waals surface area contributed by atoms with Gasteiger partial charge < -0.3 is 10.2 Å². The number of amides is 1. The highest BCUT2D eigenvalue weighted by molar-refractivity contribution is 7.89. The van der Waals surface area contributed by atoms with Gasteiger partial charge in [-0.05, 0) is 43.9 Å². The van der Waals surface area contributed by atoms with Gasteiger partial charge in [-0.2, -0.15) is 4.31 Å². The van der Waals surface area contributed by atoms with Crippen LogP contribution in [0.3, 0.4) is 0 Å². The highest BCUT2D eigenvalue weighted by atomic mass is 32.2. The summed E-state index contributed by atoms with van der Waals surface area (Å²) >= 11 is 0. The molecular weight excluding hydrogens is 326 g/mol.